The Hall–Kier alpha value is -2.86. The van der Waals surface area contributed by atoms with Crippen LogP contribution in [0.5, 0.6) is 5.75 Å². The molecule has 6 heteroatoms. The van der Waals surface area contributed by atoms with E-state index in [4.69, 9.17) is 14.5 Å². The molecule has 1 N–H and O–H groups in total. The van der Waals surface area contributed by atoms with Gasteiger partial charge in [0.05, 0.1) is 17.6 Å². The molecule has 0 aliphatic heterocycles. The van der Waals surface area contributed by atoms with Gasteiger partial charge in [-0.05, 0) is 48.6 Å². The Balaban J connectivity index is 1.60. The molecule has 31 heavy (non-hydrogen) atoms. The molecule has 0 radical (unpaired) electrons. The van der Waals surface area contributed by atoms with Gasteiger partial charge in [-0.2, -0.15) is 0 Å². The molecule has 1 heterocycles. The van der Waals surface area contributed by atoms with Gasteiger partial charge in [0.15, 0.2) is 0 Å². The minimum Gasteiger partial charge on any atom is -0.492 e. The largest absolute Gasteiger partial charge is 0.492 e. The predicted molar refractivity (Wildman–Crippen MR) is 124 cm³/mol. The van der Waals surface area contributed by atoms with E-state index in [1.54, 1.807) is 0 Å². The zero-order valence-corrected chi connectivity index (χ0v) is 18.8. The highest BCUT2D eigenvalue weighted by Crippen LogP contribution is 2.22. The van der Waals surface area contributed by atoms with E-state index in [0.29, 0.717) is 19.1 Å². The third-order valence-electron chi connectivity index (χ3n) is 5.55. The lowest BCUT2D eigenvalue weighted by atomic mass is 9.99. The third-order valence-corrected chi connectivity index (χ3v) is 5.55. The number of ether oxygens (including phenoxy) is 2. The lowest BCUT2D eigenvalue weighted by molar-refractivity contribution is -0.124. The van der Waals surface area contributed by atoms with E-state index in [1.165, 1.54) is 12.7 Å². The summed E-state index contributed by atoms with van der Waals surface area (Å²) in [6.45, 7) is 6.43. The number of benzene rings is 2. The predicted octanol–water partition coefficient (Wildman–Crippen LogP) is 4.32. The molecular formula is C25H33N3O3. The van der Waals surface area contributed by atoms with Crippen molar-refractivity contribution < 1.29 is 14.3 Å². The standard InChI is InChI=1S/C25H33N3O3/c1-4-19(2)20-11-13-21(14-12-20)31-17-16-28-23-9-6-5-8-22(23)27-24(28)10-7-15-26-25(29)18-30-3/h5-6,8-9,11-14,19H,4,7,10,15-18H2,1-3H3,(H,26,29). The summed E-state index contributed by atoms with van der Waals surface area (Å²) in [5.74, 6) is 2.37. The molecule has 3 rings (SSSR count). The van der Waals surface area contributed by atoms with Crippen LogP contribution in [0.3, 0.4) is 0 Å². The number of rotatable bonds is 12. The van der Waals surface area contributed by atoms with Crippen LogP contribution in [0.25, 0.3) is 11.0 Å². The van der Waals surface area contributed by atoms with Gasteiger partial charge in [-0.1, -0.05) is 38.1 Å². The number of methoxy groups -OCH3 is 1. The summed E-state index contributed by atoms with van der Waals surface area (Å²) in [5.41, 5.74) is 3.44. The molecule has 0 aliphatic carbocycles. The van der Waals surface area contributed by atoms with Crippen LogP contribution in [0, 0.1) is 0 Å². The van der Waals surface area contributed by atoms with Gasteiger partial charge < -0.3 is 19.4 Å². The molecule has 1 amide bonds. The van der Waals surface area contributed by atoms with Gasteiger partial charge in [-0.3, -0.25) is 4.79 Å². The molecule has 0 aliphatic rings. The first-order valence-corrected chi connectivity index (χ1v) is 11.0. The first kappa shape index (κ1) is 22.8. The van der Waals surface area contributed by atoms with E-state index in [0.717, 1.165) is 48.4 Å². The molecule has 1 aromatic heterocycles. The molecule has 6 nitrogen and oxygen atoms in total. The number of carbonyl (C=O) groups excluding carboxylic acids is 1. The number of hydrogen-bond acceptors (Lipinski definition) is 4. The fourth-order valence-electron chi connectivity index (χ4n) is 3.61. The Morgan fingerprint density at radius 1 is 1.16 bits per heavy atom. The fourth-order valence-corrected chi connectivity index (χ4v) is 3.61. The summed E-state index contributed by atoms with van der Waals surface area (Å²) in [6.07, 6.45) is 2.73. The number of para-hydroxylation sites is 2. The summed E-state index contributed by atoms with van der Waals surface area (Å²) >= 11 is 0. The third kappa shape index (κ3) is 6.31. The smallest absolute Gasteiger partial charge is 0.245 e. The van der Waals surface area contributed by atoms with Crippen LogP contribution in [0.2, 0.25) is 0 Å². The number of amides is 1. The summed E-state index contributed by atoms with van der Waals surface area (Å²) in [4.78, 5) is 16.3. The van der Waals surface area contributed by atoms with Crippen molar-refractivity contribution in [3.05, 3.63) is 59.9 Å². The van der Waals surface area contributed by atoms with Crippen molar-refractivity contribution >= 4 is 16.9 Å². The second-order valence-electron chi connectivity index (χ2n) is 7.78. The Morgan fingerprint density at radius 2 is 1.94 bits per heavy atom. The van der Waals surface area contributed by atoms with Gasteiger partial charge in [0, 0.05) is 20.1 Å². The normalized spacial score (nSPS) is 12.1. The van der Waals surface area contributed by atoms with E-state index in [1.807, 2.05) is 18.2 Å². The SMILES string of the molecule is CCC(C)c1ccc(OCCn2c(CCCNC(=O)COC)nc3ccccc32)cc1. The number of aromatic nitrogens is 2. The average molecular weight is 424 g/mol. The average Bonchev–Trinajstić information content (AvgIpc) is 3.14. The minimum absolute atomic E-state index is 0.0915. The lowest BCUT2D eigenvalue weighted by Crippen LogP contribution is -2.28. The maximum Gasteiger partial charge on any atom is 0.245 e. The van der Waals surface area contributed by atoms with Crippen molar-refractivity contribution in [1.29, 1.82) is 0 Å². The van der Waals surface area contributed by atoms with E-state index in [2.05, 4.69) is 54.1 Å². The molecule has 1 unspecified atom stereocenters. The van der Waals surface area contributed by atoms with Crippen LogP contribution in [0.15, 0.2) is 48.5 Å². The van der Waals surface area contributed by atoms with Crippen LogP contribution in [-0.4, -0.2) is 42.3 Å². The molecular weight excluding hydrogens is 390 g/mol. The number of fused-ring (bicyclic) bond motifs is 1. The van der Waals surface area contributed by atoms with Gasteiger partial charge in [0.25, 0.3) is 0 Å². The molecule has 0 bridgehead atoms. The highest BCUT2D eigenvalue weighted by Gasteiger charge is 2.11. The molecule has 2 aromatic carbocycles. The van der Waals surface area contributed by atoms with Crippen molar-refractivity contribution in [2.24, 2.45) is 0 Å². The van der Waals surface area contributed by atoms with E-state index in [-0.39, 0.29) is 12.5 Å². The molecule has 3 aromatic rings. The van der Waals surface area contributed by atoms with Crippen molar-refractivity contribution in [2.75, 3.05) is 26.9 Å². The monoisotopic (exact) mass is 423 g/mol. The minimum atomic E-state index is -0.0937. The zero-order valence-electron chi connectivity index (χ0n) is 18.8. The van der Waals surface area contributed by atoms with Gasteiger partial charge in [0.1, 0.15) is 24.8 Å². The summed E-state index contributed by atoms with van der Waals surface area (Å²) in [6, 6.07) is 16.6. The summed E-state index contributed by atoms with van der Waals surface area (Å²) in [7, 11) is 1.52. The lowest BCUT2D eigenvalue weighted by Gasteiger charge is -2.13. The number of nitrogens with one attached hydrogen (secondary N) is 1. The number of imidazole rings is 1. The fraction of sp³-hybridized carbons (Fsp3) is 0.440. The van der Waals surface area contributed by atoms with Crippen LogP contribution in [-0.2, 0) is 22.5 Å². The molecule has 166 valence electrons. The number of carbonyl (C=O) groups is 1. The highest BCUT2D eigenvalue weighted by molar-refractivity contribution is 5.77. The van der Waals surface area contributed by atoms with Crippen molar-refractivity contribution in [2.45, 2.75) is 45.6 Å². The van der Waals surface area contributed by atoms with Crippen LogP contribution in [0.1, 0.15) is 44.0 Å². The quantitative estimate of drug-likeness (QED) is 0.441. The summed E-state index contributed by atoms with van der Waals surface area (Å²) < 4.78 is 13.1. The van der Waals surface area contributed by atoms with Gasteiger partial charge in [0.2, 0.25) is 5.91 Å². The Kier molecular flexibility index (Phi) is 8.47. The number of nitrogens with zero attached hydrogens (tertiary/aromatic N) is 2. The van der Waals surface area contributed by atoms with Gasteiger partial charge in [-0.15, -0.1) is 0 Å². The summed E-state index contributed by atoms with van der Waals surface area (Å²) in [5, 5.41) is 2.86. The molecule has 0 spiro atoms. The van der Waals surface area contributed by atoms with Crippen LogP contribution in [0.4, 0.5) is 0 Å². The Labute approximate surface area is 184 Å². The zero-order chi connectivity index (χ0) is 22.1. The van der Waals surface area contributed by atoms with E-state index in [9.17, 15) is 4.79 Å². The van der Waals surface area contributed by atoms with Crippen LogP contribution >= 0.6 is 0 Å². The maximum atomic E-state index is 11.5. The van der Waals surface area contributed by atoms with Gasteiger partial charge in [-0.25, -0.2) is 4.98 Å². The number of hydrogen-bond donors (Lipinski definition) is 1. The van der Waals surface area contributed by atoms with Crippen LogP contribution < -0.4 is 10.1 Å². The molecule has 0 saturated carbocycles. The van der Waals surface area contributed by atoms with Crippen molar-refractivity contribution in [3.63, 3.8) is 0 Å². The van der Waals surface area contributed by atoms with Gasteiger partial charge >= 0.3 is 0 Å². The molecule has 0 saturated heterocycles. The van der Waals surface area contributed by atoms with E-state index >= 15 is 0 Å². The topological polar surface area (TPSA) is 65.4 Å². The first-order chi connectivity index (χ1) is 15.1. The van der Waals surface area contributed by atoms with E-state index < -0.39 is 0 Å². The maximum absolute atomic E-state index is 11.5. The molecule has 0 fully saturated rings. The van der Waals surface area contributed by atoms with Crippen molar-refractivity contribution in [1.82, 2.24) is 14.9 Å². The van der Waals surface area contributed by atoms with Crippen molar-refractivity contribution in [3.8, 4) is 5.75 Å². The second kappa shape index (κ2) is 11.5. The molecule has 1 atom stereocenters. The number of aryl methyl sites for hydroxylation is 1. The Bertz CT molecular complexity index is 966. The Morgan fingerprint density at radius 3 is 2.68 bits per heavy atom. The first-order valence-electron chi connectivity index (χ1n) is 11.0. The highest BCUT2D eigenvalue weighted by atomic mass is 16.5. The second-order valence-corrected chi connectivity index (χ2v) is 7.78.